The van der Waals surface area contributed by atoms with Crippen LogP contribution in [-0.4, -0.2) is 42.5 Å². The van der Waals surface area contributed by atoms with Gasteiger partial charge in [-0.1, -0.05) is 70.2 Å². The average molecular weight is 451 g/mol. The van der Waals surface area contributed by atoms with Crippen molar-refractivity contribution in [3.63, 3.8) is 0 Å². The number of hydrogen-bond donors (Lipinski definition) is 3. The predicted octanol–water partition coefficient (Wildman–Crippen LogP) is 4.91. The molecule has 2 aromatic carbocycles. The molecule has 1 fully saturated rings. The van der Waals surface area contributed by atoms with Gasteiger partial charge >= 0.3 is 6.03 Å². The van der Waals surface area contributed by atoms with Gasteiger partial charge in [0.2, 0.25) is 5.91 Å². The topological polar surface area (TPSA) is 73.5 Å². The fourth-order valence-electron chi connectivity index (χ4n) is 4.25. The first-order valence-corrected chi connectivity index (χ1v) is 12.1. The van der Waals surface area contributed by atoms with Gasteiger partial charge in [0.1, 0.15) is 0 Å². The first-order valence-electron chi connectivity index (χ1n) is 12.1. The maximum Gasteiger partial charge on any atom is 0.319 e. The van der Waals surface area contributed by atoms with Gasteiger partial charge in [0.05, 0.1) is 12.6 Å². The summed E-state index contributed by atoms with van der Waals surface area (Å²) in [5.74, 6) is 0.847. The van der Waals surface area contributed by atoms with Crippen molar-refractivity contribution in [2.75, 3.05) is 25.0 Å². The van der Waals surface area contributed by atoms with Crippen molar-refractivity contribution in [3.8, 4) is 0 Å². The fourth-order valence-corrected chi connectivity index (χ4v) is 4.25. The van der Waals surface area contributed by atoms with Crippen LogP contribution in [0.1, 0.15) is 63.6 Å². The van der Waals surface area contributed by atoms with E-state index < -0.39 is 0 Å². The first kappa shape index (κ1) is 24.8. The standard InChI is InChI=1S/C27H38N4O2/c1-19(2)21-10-12-22(13-11-21)26(20(3)4)30-25(32)18-31-16-14-24(15-17-31)29-27(33)28-23-8-6-5-7-9-23/h5-13,19-20,24,26H,14-18H2,1-4H3,(H,30,32)(H2,28,29,33). The maximum atomic E-state index is 12.8. The van der Waals surface area contributed by atoms with E-state index in [2.05, 4.69) is 72.8 Å². The zero-order valence-corrected chi connectivity index (χ0v) is 20.3. The van der Waals surface area contributed by atoms with Crippen molar-refractivity contribution in [1.82, 2.24) is 15.5 Å². The summed E-state index contributed by atoms with van der Waals surface area (Å²) in [5, 5.41) is 9.15. The van der Waals surface area contributed by atoms with Gasteiger partial charge in [-0.3, -0.25) is 9.69 Å². The van der Waals surface area contributed by atoms with Gasteiger partial charge in [-0.2, -0.15) is 0 Å². The lowest BCUT2D eigenvalue weighted by Gasteiger charge is -2.32. The Balaban J connectivity index is 1.44. The van der Waals surface area contributed by atoms with Crippen molar-refractivity contribution in [1.29, 1.82) is 0 Å². The number of carbonyl (C=O) groups excluding carboxylic acids is 2. The number of hydrogen-bond acceptors (Lipinski definition) is 3. The van der Waals surface area contributed by atoms with E-state index >= 15 is 0 Å². The molecule has 0 aromatic heterocycles. The molecule has 0 saturated carbocycles. The van der Waals surface area contributed by atoms with Crippen molar-refractivity contribution >= 4 is 17.6 Å². The number of para-hydroxylation sites is 1. The minimum Gasteiger partial charge on any atom is -0.348 e. The smallest absolute Gasteiger partial charge is 0.319 e. The molecule has 3 amide bonds. The van der Waals surface area contributed by atoms with Crippen molar-refractivity contribution < 1.29 is 9.59 Å². The molecule has 178 valence electrons. The van der Waals surface area contributed by atoms with Gasteiger partial charge in [0, 0.05) is 24.8 Å². The van der Waals surface area contributed by atoms with Gasteiger partial charge < -0.3 is 16.0 Å². The van der Waals surface area contributed by atoms with Gasteiger partial charge in [-0.15, -0.1) is 0 Å². The van der Waals surface area contributed by atoms with Crippen LogP contribution in [-0.2, 0) is 4.79 Å². The van der Waals surface area contributed by atoms with Crippen molar-refractivity contribution in [2.24, 2.45) is 5.92 Å². The van der Waals surface area contributed by atoms with E-state index in [4.69, 9.17) is 0 Å². The number of carbonyl (C=O) groups is 2. The molecule has 0 spiro atoms. The van der Waals surface area contributed by atoms with Crippen LogP contribution in [0.15, 0.2) is 54.6 Å². The second kappa shape index (κ2) is 11.8. The molecule has 3 N–H and O–H groups in total. The predicted molar refractivity (Wildman–Crippen MR) is 134 cm³/mol. The quantitative estimate of drug-likeness (QED) is 0.535. The number of likely N-dealkylation sites (tertiary alicyclic amines) is 1. The van der Waals surface area contributed by atoms with Crippen LogP contribution in [0.2, 0.25) is 0 Å². The third-order valence-corrected chi connectivity index (χ3v) is 6.27. The SMILES string of the molecule is CC(C)c1ccc(C(NC(=O)CN2CCC(NC(=O)Nc3ccccc3)CC2)C(C)C)cc1. The van der Waals surface area contributed by atoms with E-state index in [1.54, 1.807) is 0 Å². The highest BCUT2D eigenvalue weighted by Gasteiger charge is 2.24. The molecule has 1 atom stereocenters. The van der Waals surface area contributed by atoms with E-state index in [1.165, 1.54) is 5.56 Å². The molecular formula is C27H38N4O2. The molecule has 1 saturated heterocycles. The Labute approximate surface area is 198 Å². The Morgan fingerprint density at radius 1 is 0.909 bits per heavy atom. The third kappa shape index (κ3) is 7.60. The molecule has 1 heterocycles. The number of nitrogens with one attached hydrogen (secondary N) is 3. The number of rotatable bonds is 8. The molecule has 6 heteroatoms. The second-order valence-electron chi connectivity index (χ2n) is 9.63. The molecule has 0 radical (unpaired) electrons. The van der Waals surface area contributed by atoms with E-state index in [9.17, 15) is 9.59 Å². The van der Waals surface area contributed by atoms with E-state index in [1.807, 2.05) is 30.3 Å². The van der Waals surface area contributed by atoms with Crippen LogP contribution in [0.5, 0.6) is 0 Å². The summed E-state index contributed by atoms with van der Waals surface area (Å²) in [6, 6.07) is 18.0. The van der Waals surface area contributed by atoms with Crippen LogP contribution in [0.25, 0.3) is 0 Å². The number of amides is 3. The first-order chi connectivity index (χ1) is 15.8. The Hall–Kier alpha value is -2.86. The van der Waals surface area contributed by atoms with Gasteiger partial charge in [0.25, 0.3) is 0 Å². The number of nitrogens with zero attached hydrogens (tertiary/aromatic N) is 1. The fraction of sp³-hybridized carbons (Fsp3) is 0.481. The summed E-state index contributed by atoms with van der Waals surface area (Å²) < 4.78 is 0. The highest BCUT2D eigenvalue weighted by molar-refractivity contribution is 5.89. The molecular weight excluding hydrogens is 412 g/mol. The number of anilines is 1. The third-order valence-electron chi connectivity index (χ3n) is 6.27. The zero-order valence-electron chi connectivity index (χ0n) is 20.3. The number of benzene rings is 2. The van der Waals surface area contributed by atoms with Crippen LogP contribution >= 0.6 is 0 Å². The van der Waals surface area contributed by atoms with E-state index in [0.29, 0.717) is 18.4 Å². The Bertz CT molecular complexity index is 888. The highest BCUT2D eigenvalue weighted by Crippen LogP contribution is 2.24. The van der Waals surface area contributed by atoms with E-state index in [-0.39, 0.29) is 24.0 Å². The normalized spacial score (nSPS) is 15.9. The second-order valence-corrected chi connectivity index (χ2v) is 9.63. The molecule has 1 unspecified atom stereocenters. The summed E-state index contributed by atoms with van der Waals surface area (Å²) in [7, 11) is 0. The Morgan fingerprint density at radius 3 is 2.09 bits per heavy atom. The Kier molecular flexibility index (Phi) is 8.89. The molecule has 0 aliphatic carbocycles. The summed E-state index contributed by atoms with van der Waals surface area (Å²) >= 11 is 0. The van der Waals surface area contributed by atoms with Gasteiger partial charge in [0.15, 0.2) is 0 Å². The summed E-state index contributed by atoms with van der Waals surface area (Å²) in [6.07, 6.45) is 1.67. The number of piperidine rings is 1. The van der Waals surface area contributed by atoms with Crippen molar-refractivity contribution in [3.05, 3.63) is 65.7 Å². The molecule has 0 bridgehead atoms. The summed E-state index contributed by atoms with van der Waals surface area (Å²) in [6.45, 7) is 10.6. The minimum atomic E-state index is -0.180. The minimum absolute atomic E-state index is 0.000370. The molecule has 1 aliphatic rings. The van der Waals surface area contributed by atoms with Crippen LogP contribution in [0.4, 0.5) is 10.5 Å². The summed E-state index contributed by atoms with van der Waals surface area (Å²) in [4.78, 5) is 27.2. The van der Waals surface area contributed by atoms with Crippen LogP contribution in [0, 0.1) is 5.92 Å². The molecule has 1 aliphatic heterocycles. The monoisotopic (exact) mass is 450 g/mol. The van der Waals surface area contributed by atoms with Crippen molar-refractivity contribution in [2.45, 2.75) is 58.5 Å². The summed E-state index contributed by atoms with van der Waals surface area (Å²) in [5.41, 5.74) is 3.24. The highest BCUT2D eigenvalue weighted by atomic mass is 16.2. The number of urea groups is 1. The molecule has 2 aromatic rings. The van der Waals surface area contributed by atoms with Gasteiger partial charge in [-0.05, 0) is 47.9 Å². The maximum absolute atomic E-state index is 12.8. The van der Waals surface area contributed by atoms with Crippen LogP contribution < -0.4 is 16.0 Å². The lowest BCUT2D eigenvalue weighted by molar-refractivity contribution is -0.123. The Morgan fingerprint density at radius 2 is 1.52 bits per heavy atom. The van der Waals surface area contributed by atoms with Gasteiger partial charge in [-0.25, -0.2) is 4.79 Å². The van der Waals surface area contributed by atoms with E-state index in [0.717, 1.165) is 37.2 Å². The van der Waals surface area contributed by atoms with Crippen LogP contribution in [0.3, 0.4) is 0 Å². The molecule has 6 nitrogen and oxygen atoms in total. The lowest BCUT2D eigenvalue weighted by atomic mass is 9.93. The largest absolute Gasteiger partial charge is 0.348 e. The zero-order chi connectivity index (χ0) is 23.8. The molecule has 33 heavy (non-hydrogen) atoms. The lowest BCUT2D eigenvalue weighted by Crippen LogP contribution is -2.48. The molecule has 3 rings (SSSR count). The average Bonchev–Trinajstić information content (AvgIpc) is 2.79.